The highest BCUT2D eigenvalue weighted by Crippen LogP contribution is 2.51. The first-order chi connectivity index (χ1) is 32.0. The SMILES string of the molecule is CC1(C)c2ccccc2-c2cc3c4cc(-c5ccc6c7ccccc7n(-c7ccccc7)c6c5)ccc4n(-c4cccc(-c5nc(-c6ccccc6)nc(-c6ccccc6)n5)c4)c3cc21. The van der Waals surface area contributed by atoms with Crippen molar-refractivity contribution in [2.45, 2.75) is 19.3 Å². The Morgan fingerprint density at radius 3 is 1.58 bits per heavy atom. The van der Waals surface area contributed by atoms with E-state index in [0.29, 0.717) is 17.5 Å². The van der Waals surface area contributed by atoms with E-state index in [1.165, 1.54) is 71.5 Å². The Labute approximate surface area is 376 Å². The Morgan fingerprint density at radius 2 is 0.831 bits per heavy atom. The summed E-state index contributed by atoms with van der Waals surface area (Å²) in [6.07, 6.45) is 0. The standard InChI is InChI=1S/C60H41N5/c1-60(2)51-27-14-12-25-45(51)48-36-50-49-34-40(41-29-31-47-46-26-13-15-28-53(46)64(55(47)35-41)43-22-10-5-11-23-43)30-32-54(49)65(56(50)37-52(48)60)44-24-16-21-42(33-44)59-62-57(38-17-6-3-7-18-38)61-58(63-59)39-19-8-4-9-20-39/h3-37H,1-2H3. The maximum Gasteiger partial charge on any atom is 0.164 e. The molecule has 0 fully saturated rings. The number of nitrogens with zero attached hydrogens (tertiary/aromatic N) is 5. The van der Waals surface area contributed by atoms with Crippen LogP contribution >= 0.6 is 0 Å². The molecule has 0 saturated carbocycles. The Morgan fingerprint density at radius 1 is 0.308 bits per heavy atom. The molecule has 0 atom stereocenters. The molecule has 3 heterocycles. The molecule has 13 rings (SSSR count). The molecule has 306 valence electrons. The summed E-state index contributed by atoms with van der Waals surface area (Å²) in [7, 11) is 0. The molecule has 1 aliphatic rings. The topological polar surface area (TPSA) is 48.5 Å². The van der Waals surface area contributed by atoms with Crippen LogP contribution in [0.1, 0.15) is 25.0 Å². The van der Waals surface area contributed by atoms with Gasteiger partial charge in [-0.2, -0.15) is 0 Å². The van der Waals surface area contributed by atoms with Gasteiger partial charge < -0.3 is 9.13 Å². The third-order valence-electron chi connectivity index (χ3n) is 13.6. The minimum Gasteiger partial charge on any atom is -0.309 e. The molecule has 5 nitrogen and oxygen atoms in total. The molecule has 3 aromatic heterocycles. The predicted molar refractivity (Wildman–Crippen MR) is 268 cm³/mol. The lowest BCUT2D eigenvalue weighted by molar-refractivity contribution is 0.661. The fourth-order valence-electron chi connectivity index (χ4n) is 10.4. The lowest BCUT2D eigenvalue weighted by Crippen LogP contribution is -2.14. The molecule has 0 bridgehead atoms. The molecule has 0 amide bonds. The fourth-order valence-corrected chi connectivity index (χ4v) is 10.4. The van der Waals surface area contributed by atoms with Gasteiger partial charge in [0, 0.05) is 55.0 Å². The summed E-state index contributed by atoms with van der Waals surface area (Å²) in [4.78, 5) is 15.2. The maximum absolute atomic E-state index is 5.11. The monoisotopic (exact) mass is 831 g/mol. The number of hydrogen-bond acceptors (Lipinski definition) is 3. The lowest BCUT2D eigenvalue weighted by Gasteiger charge is -2.21. The van der Waals surface area contributed by atoms with E-state index >= 15 is 0 Å². The van der Waals surface area contributed by atoms with Crippen molar-refractivity contribution in [2.24, 2.45) is 0 Å². The van der Waals surface area contributed by atoms with Crippen molar-refractivity contribution in [3.8, 4) is 67.8 Å². The smallest absolute Gasteiger partial charge is 0.164 e. The average Bonchev–Trinajstić information content (AvgIpc) is 3.96. The van der Waals surface area contributed by atoms with Crippen molar-refractivity contribution in [3.05, 3.63) is 223 Å². The number of benzene rings is 9. The van der Waals surface area contributed by atoms with Crippen LogP contribution in [-0.4, -0.2) is 24.1 Å². The fraction of sp³-hybridized carbons (Fsp3) is 0.0500. The second-order valence-corrected chi connectivity index (χ2v) is 17.7. The van der Waals surface area contributed by atoms with Gasteiger partial charge >= 0.3 is 0 Å². The highest BCUT2D eigenvalue weighted by molar-refractivity contribution is 6.14. The van der Waals surface area contributed by atoms with Gasteiger partial charge in [0.2, 0.25) is 0 Å². The second kappa shape index (κ2) is 14.3. The van der Waals surface area contributed by atoms with Crippen LogP contribution in [0, 0.1) is 0 Å². The van der Waals surface area contributed by atoms with Crippen LogP contribution in [0.15, 0.2) is 212 Å². The third-order valence-corrected chi connectivity index (χ3v) is 13.6. The van der Waals surface area contributed by atoms with Crippen LogP contribution in [0.2, 0.25) is 0 Å². The van der Waals surface area contributed by atoms with E-state index in [1.54, 1.807) is 0 Å². The summed E-state index contributed by atoms with van der Waals surface area (Å²) < 4.78 is 4.83. The number of fused-ring (bicyclic) bond motifs is 9. The van der Waals surface area contributed by atoms with Gasteiger partial charge in [-0.05, 0) is 94.0 Å². The summed E-state index contributed by atoms with van der Waals surface area (Å²) in [5.41, 5.74) is 17.2. The van der Waals surface area contributed by atoms with Gasteiger partial charge in [-0.25, -0.2) is 15.0 Å². The highest BCUT2D eigenvalue weighted by atomic mass is 15.0. The van der Waals surface area contributed by atoms with E-state index in [9.17, 15) is 0 Å². The molecule has 0 unspecified atom stereocenters. The van der Waals surface area contributed by atoms with Crippen LogP contribution in [0.4, 0.5) is 0 Å². The summed E-state index contributed by atoms with van der Waals surface area (Å²) in [5.74, 6) is 1.91. The summed E-state index contributed by atoms with van der Waals surface area (Å²) in [6, 6.07) is 76.2. The van der Waals surface area contributed by atoms with Gasteiger partial charge in [0.25, 0.3) is 0 Å². The van der Waals surface area contributed by atoms with E-state index in [4.69, 9.17) is 15.0 Å². The Balaban J connectivity index is 1.03. The Hall–Kier alpha value is -8.41. The Bertz CT molecular complexity index is 3790. The zero-order valence-electron chi connectivity index (χ0n) is 35.9. The Kier molecular flexibility index (Phi) is 8.18. The molecule has 0 spiro atoms. The minimum atomic E-state index is -0.159. The van der Waals surface area contributed by atoms with Crippen LogP contribution in [0.5, 0.6) is 0 Å². The average molecular weight is 832 g/mol. The highest BCUT2D eigenvalue weighted by Gasteiger charge is 2.36. The van der Waals surface area contributed by atoms with Crippen molar-refractivity contribution in [1.82, 2.24) is 24.1 Å². The van der Waals surface area contributed by atoms with Gasteiger partial charge in [0.05, 0.1) is 22.1 Å². The lowest BCUT2D eigenvalue weighted by atomic mass is 9.82. The van der Waals surface area contributed by atoms with Crippen LogP contribution in [0.3, 0.4) is 0 Å². The van der Waals surface area contributed by atoms with E-state index in [-0.39, 0.29) is 5.41 Å². The van der Waals surface area contributed by atoms with Crippen LogP contribution in [0.25, 0.3) is 111 Å². The normalized spacial score (nSPS) is 12.9. The molecule has 0 radical (unpaired) electrons. The molecule has 65 heavy (non-hydrogen) atoms. The first-order valence-corrected chi connectivity index (χ1v) is 22.3. The molecular weight excluding hydrogens is 791 g/mol. The predicted octanol–water partition coefficient (Wildman–Crippen LogP) is 15.0. The zero-order chi connectivity index (χ0) is 43.2. The summed E-state index contributed by atoms with van der Waals surface area (Å²) in [6.45, 7) is 4.71. The second-order valence-electron chi connectivity index (χ2n) is 17.7. The molecule has 5 heteroatoms. The molecule has 9 aromatic carbocycles. The van der Waals surface area contributed by atoms with Gasteiger partial charge in [-0.15, -0.1) is 0 Å². The van der Waals surface area contributed by atoms with Crippen molar-refractivity contribution in [3.63, 3.8) is 0 Å². The van der Waals surface area contributed by atoms with Crippen molar-refractivity contribution in [1.29, 1.82) is 0 Å². The maximum atomic E-state index is 5.11. The molecule has 0 saturated heterocycles. The molecule has 12 aromatic rings. The quantitative estimate of drug-likeness (QED) is 0.168. The number of rotatable bonds is 6. The zero-order valence-corrected chi connectivity index (χ0v) is 35.9. The number of hydrogen-bond donors (Lipinski definition) is 0. The number of aromatic nitrogens is 5. The molecule has 0 N–H and O–H groups in total. The van der Waals surface area contributed by atoms with Crippen molar-refractivity contribution >= 4 is 43.6 Å². The van der Waals surface area contributed by atoms with E-state index < -0.39 is 0 Å². The first kappa shape index (κ1) is 37.2. The first-order valence-electron chi connectivity index (χ1n) is 22.3. The summed E-state index contributed by atoms with van der Waals surface area (Å²) in [5, 5.41) is 4.92. The molecule has 1 aliphatic carbocycles. The molecular formula is C60H41N5. The third kappa shape index (κ3) is 5.82. The van der Waals surface area contributed by atoms with E-state index in [0.717, 1.165) is 33.6 Å². The van der Waals surface area contributed by atoms with E-state index in [1.807, 2.05) is 36.4 Å². The number of para-hydroxylation sites is 2. The van der Waals surface area contributed by atoms with Gasteiger partial charge in [0.1, 0.15) is 0 Å². The summed E-state index contributed by atoms with van der Waals surface area (Å²) >= 11 is 0. The molecule has 0 aliphatic heterocycles. The van der Waals surface area contributed by atoms with Gasteiger partial charge in [-0.1, -0.05) is 166 Å². The van der Waals surface area contributed by atoms with Crippen molar-refractivity contribution < 1.29 is 0 Å². The van der Waals surface area contributed by atoms with Gasteiger partial charge in [-0.3, -0.25) is 0 Å². The van der Waals surface area contributed by atoms with Gasteiger partial charge in [0.15, 0.2) is 17.5 Å². The minimum absolute atomic E-state index is 0.159. The van der Waals surface area contributed by atoms with E-state index in [2.05, 4.69) is 199 Å². The van der Waals surface area contributed by atoms with Crippen LogP contribution < -0.4 is 0 Å². The van der Waals surface area contributed by atoms with Crippen LogP contribution in [-0.2, 0) is 5.41 Å². The van der Waals surface area contributed by atoms with Crippen molar-refractivity contribution in [2.75, 3.05) is 0 Å². The largest absolute Gasteiger partial charge is 0.309 e.